The molecule has 0 amide bonds. The van der Waals surface area contributed by atoms with Gasteiger partial charge in [-0.2, -0.15) is 0 Å². The van der Waals surface area contributed by atoms with Crippen LogP contribution in [0.1, 0.15) is 46.2 Å². The number of benzene rings is 7. The Morgan fingerprint density at radius 3 is 1.30 bits per heavy atom. The summed E-state index contributed by atoms with van der Waals surface area (Å²) in [5, 5.41) is 3.54. The lowest BCUT2D eigenvalue weighted by molar-refractivity contribution is 0.313. The number of hydrogen-bond acceptors (Lipinski definition) is 2. The van der Waals surface area contributed by atoms with Crippen molar-refractivity contribution in [3.05, 3.63) is 240 Å². The van der Waals surface area contributed by atoms with Gasteiger partial charge in [0.2, 0.25) is 0 Å². The molecule has 2 nitrogen and oxygen atoms in total. The van der Waals surface area contributed by atoms with E-state index >= 15 is 0 Å². The summed E-state index contributed by atoms with van der Waals surface area (Å²) in [6.07, 6.45) is 4.71. The van der Waals surface area contributed by atoms with Crippen molar-refractivity contribution in [2.45, 2.75) is 12.8 Å². The summed E-state index contributed by atoms with van der Waals surface area (Å²) >= 11 is 0. The van der Waals surface area contributed by atoms with Crippen molar-refractivity contribution in [1.82, 2.24) is 0 Å². The number of ether oxygens (including phenoxy) is 1. The summed E-state index contributed by atoms with van der Waals surface area (Å²) in [7, 11) is -3.35. The van der Waals surface area contributed by atoms with E-state index in [9.17, 15) is 0 Å². The first-order valence-corrected chi connectivity index (χ1v) is 20.9. The van der Waals surface area contributed by atoms with Gasteiger partial charge in [-0.25, -0.2) is 0 Å². The van der Waals surface area contributed by atoms with Gasteiger partial charge in [0.05, 0.1) is 12.7 Å². The molecule has 56 heavy (non-hydrogen) atoms. The van der Waals surface area contributed by atoms with Crippen molar-refractivity contribution in [3.8, 4) is 29.6 Å². The zero-order chi connectivity index (χ0) is 37.8. The van der Waals surface area contributed by atoms with Crippen LogP contribution < -0.4 is 9.92 Å². The third-order valence-corrected chi connectivity index (χ3v) is 13.9. The Bertz CT molecular complexity index is 2460. The fourth-order valence-electron chi connectivity index (χ4n) is 7.36. The molecule has 3 heteroatoms. The van der Waals surface area contributed by atoms with Crippen molar-refractivity contribution in [2.24, 2.45) is 0 Å². The van der Waals surface area contributed by atoms with E-state index in [2.05, 4.69) is 176 Å². The van der Waals surface area contributed by atoms with E-state index in [1.54, 1.807) is 0 Å². The standard InChI is InChI=1S/C53H40O2Si/c1-8-22-42(23-9-1)34-35-43-36-38-48(39-37-43)54-40-20-7-21-41-55-56(49-32-18-6-19-33-49)52(46-28-14-4-15-29-46)50(44-24-10-2-11-25-44)51(45-26-12-3-13-27-45)53(56)47-30-16-5-17-31-47/h1-6,8-19,22-33,36-39H,7,20,40H2. The van der Waals surface area contributed by atoms with Crippen molar-refractivity contribution in [2.75, 3.05) is 6.61 Å². The van der Waals surface area contributed by atoms with Crippen LogP contribution in [-0.4, -0.2) is 14.9 Å². The topological polar surface area (TPSA) is 18.5 Å². The Labute approximate surface area is 331 Å². The second-order valence-corrected chi connectivity index (χ2v) is 16.6. The van der Waals surface area contributed by atoms with Gasteiger partial charge in [0, 0.05) is 27.9 Å². The van der Waals surface area contributed by atoms with E-state index in [-0.39, 0.29) is 0 Å². The largest absolute Gasteiger partial charge is 0.494 e. The lowest BCUT2D eigenvalue weighted by Gasteiger charge is -2.32. The smallest absolute Gasteiger partial charge is 0.361 e. The number of unbranched alkanes of at least 4 members (excludes halogenated alkanes) is 1. The fourth-order valence-corrected chi connectivity index (χ4v) is 11.8. The average molecular weight is 737 g/mol. The fraction of sp³-hybridized carbons (Fsp3) is 0.0566. The molecule has 0 saturated carbocycles. The molecule has 0 N–H and O–H groups in total. The lowest BCUT2D eigenvalue weighted by atomic mass is 9.89. The van der Waals surface area contributed by atoms with Crippen LogP contribution in [0.15, 0.2) is 206 Å². The summed E-state index contributed by atoms with van der Waals surface area (Å²) in [5.74, 6) is 10.7. The molecule has 0 radical (unpaired) electrons. The molecule has 268 valence electrons. The molecule has 0 fully saturated rings. The molecule has 8 rings (SSSR count). The lowest BCUT2D eigenvalue weighted by Crippen LogP contribution is -2.51. The van der Waals surface area contributed by atoms with Crippen molar-refractivity contribution in [1.29, 1.82) is 0 Å². The normalized spacial score (nSPS) is 12.9. The number of rotatable bonds is 10. The van der Waals surface area contributed by atoms with Crippen LogP contribution in [0, 0.1) is 23.9 Å². The molecular formula is C53H40O2Si. The van der Waals surface area contributed by atoms with Gasteiger partial charge in [0.1, 0.15) is 5.75 Å². The van der Waals surface area contributed by atoms with Gasteiger partial charge in [-0.3, -0.25) is 0 Å². The van der Waals surface area contributed by atoms with E-state index < -0.39 is 8.32 Å². The highest BCUT2D eigenvalue weighted by Gasteiger charge is 2.56. The molecule has 1 heterocycles. The van der Waals surface area contributed by atoms with Crippen molar-refractivity contribution in [3.63, 3.8) is 0 Å². The molecule has 1 aliphatic rings. The minimum absolute atomic E-state index is 0.547. The zero-order valence-electron chi connectivity index (χ0n) is 31.1. The SMILES string of the molecule is C(#CO[Si]1(c2ccccc2)C(c2ccccc2)=C(c2ccccc2)C(c2ccccc2)=C1c1ccccc1)CCCOc1ccc(C#Cc2ccccc2)cc1. The van der Waals surface area contributed by atoms with Crippen LogP contribution in [0.25, 0.3) is 21.5 Å². The summed E-state index contributed by atoms with van der Waals surface area (Å²) < 4.78 is 13.5. The molecule has 0 aliphatic carbocycles. The van der Waals surface area contributed by atoms with Crippen LogP contribution in [0.3, 0.4) is 0 Å². The minimum Gasteiger partial charge on any atom is -0.494 e. The predicted molar refractivity (Wildman–Crippen MR) is 234 cm³/mol. The highest BCUT2D eigenvalue weighted by molar-refractivity contribution is 7.18. The Morgan fingerprint density at radius 2 is 0.821 bits per heavy atom. The third kappa shape index (κ3) is 7.77. The second kappa shape index (κ2) is 17.4. The highest BCUT2D eigenvalue weighted by atomic mass is 28.4. The number of hydrogen-bond donors (Lipinski definition) is 0. The first kappa shape index (κ1) is 36.0. The molecule has 0 saturated heterocycles. The molecule has 0 aromatic heterocycles. The Morgan fingerprint density at radius 1 is 0.411 bits per heavy atom. The zero-order valence-corrected chi connectivity index (χ0v) is 32.1. The van der Waals surface area contributed by atoms with Gasteiger partial charge in [0.25, 0.3) is 0 Å². The maximum atomic E-state index is 7.36. The van der Waals surface area contributed by atoms with Crippen LogP contribution in [-0.2, 0) is 4.43 Å². The quantitative estimate of drug-likeness (QED) is 0.0791. The molecule has 0 atom stereocenters. The second-order valence-electron chi connectivity index (χ2n) is 13.5. The molecule has 7 aromatic carbocycles. The third-order valence-electron chi connectivity index (χ3n) is 9.85. The molecule has 0 spiro atoms. The van der Waals surface area contributed by atoms with Gasteiger partial charge >= 0.3 is 8.32 Å². The monoisotopic (exact) mass is 736 g/mol. The summed E-state index contributed by atoms with van der Waals surface area (Å²) in [4.78, 5) is 0. The minimum atomic E-state index is -3.35. The van der Waals surface area contributed by atoms with E-state index in [1.165, 1.54) is 21.5 Å². The van der Waals surface area contributed by atoms with Crippen LogP contribution >= 0.6 is 0 Å². The highest BCUT2D eigenvalue weighted by Crippen LogP contribution is 2.55. The van der Waals surface area contributed by atoms with Gasteiger partial charge < -0.3 is 9.16 Å². The summed E-state index contributed by atoms with van der Waals surface area (Å²) in [6, 6.07) is 71.8. The van der Waals surface area contributed by atoms with E-state index in [0.717, 1.165) is 50.7 Å². The van der Waals surface area contributed by atoms with E-state index in [1.807, 2.05) is 54.6 Å². The first-order chi connectivity index (χ1) is 27.8. The molecule has 7 aromatic rings. The van der Waals surface area contributed by atoms with Gasteiger partial charge in [-0.15, -0.1) is 0 Å². The molecule has 0 unspecified atom stereocenters. The average Bonchev–Trinajstić information content (AvgIpc) is 3.59. The van der Waals surface area contributed by atoms with E-state index in [4.69, 9.17) is 9.16 Å². The van der Waals surface area contributed by atoms with E-state index in [0.29, 0.717) is 13.0 Å². The summed E-state index contributed by atoms with van der Waals surface area (Å²) in [5.41, 5.74) is 8.88. The Balaban J connectivity index is 1.16. The predicted octanol–water partition coefficient (Wildman–Crippen LogP) is 11.4. The first-order valence-electron chi connectivity index (χ1n) is 19.0. The van der Waals surface area contributed by atoms with Crippen LogP contribution in [0.5, 0.6) is 5.75 Å². The van der Waals surface area contributed by atoms with Gasteiger partial charge in [-0.05, 0) is 81.4 Å². The molecule has 0 bridgehead atoms. The summed E-state index contributed by atoms with van der Waals surface area (Å²) in [6.45, 7) is 0.547. The molecular weight excluding hydrogens is 697 g/mol. The Kier molecular flexibility index (Phi) is 11.2. The van der Waals surface area contributed by atoms with Crippen molar-refractivity contribution >= 4 is 35.0 Å². The van der Waals surface area contributed by atoms with Crippen LogP contribution in [0.4, 0.5) is 0 Å². The van der Waals surface area contributed by atoms with Crippen LogP contribution in [0.2, 0.25) is 0 Å². The maximum Gasteiger partial charge on any atom is 0.361 e. The Hall–Kier alpha value is -7.04. The maximum absolute atomic E-state index is 7.36. The number of allylic oxidation sites excluding steroid dienone is 2. The van der Waals surface area contributed by atoms with Gasteiger partial charge in [0.15, 0.2) is 0 Å². The molecule has 1 aliphatic heterocycles. The van der Waals surface area contributed by atoms with Crippen molar-refractivity contribution < 1.29 is 9.16 Å². The van der Waals surface area contributed by atoms with Gasteiger partial charge in [-0.1, -0.05) is 188 Å².